The van der Waals surface area contributed by atoms with Crippen molar-refractivity contribution in [3.63, 3.8) is 0 Å². The molecule has 2 aromatic heterocycles. The van der Waals surface area contributed by atoms with Crippen molar-refractivity contribution in [1.29, 1.82) is 0 Å². The van der Waals surface area contributed by atoms with Crippen molar-refractivity contribution >= 4 is 39.3 Å². The standard InChI is InChI=1S/C34H35N5O2/c1-21-7-5-8-22(2)32(21)37-31(40)20-38-15-17-39(18-16-38)34(41)33-24(4)28-19-25(12-14-30(28)36-33)26-9-6-10-29-27(26)13-11-23(3)35-29/h5-14,19,36H,15-18,20H2,1-4H3,(H,37,40). The summed E-state index contributed by atoms with van der Waals surface area (Å²) < 4.78 is 0. The number of anilines is 1. The third-order valence-electron chi connectivity index (χ3n) is 8.23. The monoisotopic (exact) mass is 545 g/mol. The first-order chi connectivity index (χ1) is 19.8. The fourth-order valence-corrected chi connectivity index (χ4v) is 5.88. The van der Waals surface area contributed by atoms with Gasteiger partial charge in [-0.25, -0.2) is 0 Å². The molecule has 1 saturated heterocycles. The van der Waals surface area contributed by atoms with E-state index in [4.69, 9.17) is 0 Å². The molecule has 0 bridgehead atoms. The molecule has 41 heavy (non-hydrogen) atoms. The number of carbonyl (C=O) groups is 2. The first-order valence-corrected chi connectivity index (χ1v) is 14.2. The van der Waals surface area contributed by atoms with Crippen LogP contribution in [0.5, 0.6) is 0 Å². The predicted molar refractivity (Wildman–Crippen MR) is 165 cm³/mol. The van der Waals surface area contributed by atoms with E-state index < -0.39 is 0 Å². The number of amides is 2. The van der Waals surface area contributed by atoms with Gasteiger partial charge in [0.25, 0.3) is 5.91 Å². The van der Waals surface area contributed by atoms with Gasteiger partial charge in [0.15, 0.2) is 0 Å². The average Bonchev–Trinajstić information content (AvgIpc) is 3.30. The normalized spacial score (nSPS) is 14.1. The Hall–Kier alpha value is -4.49. The van der Waals surface area contributed by atoms with Crippen LogP contribution in [0.4, 0.5) is 5.69 Å². The van der Waals surface area contributed by atoms with E-state index in [0.29, 0.717) is 38.4 Å². The van der Waals surface area contributed by atoms with Crippen LogP contribution < -0.4 is 5.32 Å². The molecule has 3 aromatic carbocycles. The highest BCUT2D eigenvalue weighted by molar-refractivity contribution is 6.03. The second-order valence-corrected chi connectivity index (χ2v) is 11.1. The lowest BCUT2D eigenvalue weighted by molar-refractivity contribution is -0.117. The molecule has 2 amide bonds. The van der Waals surface area contributed by atoms with E-state index in [2.05, 4.69) is 50.5 Å². The zero-order valence-corrected chi connectivity index (χ0v) is 24.0. The molecule has 1 fully saturated rings. The number of nitrogens with one attached hydrogen (secondary N) is 2. The van der Waals surface area contributed by atoms with Crippen LogP contribution in [0.25, 0.3) is 32.9 Å². The van der Waals surface area contributed by atoms with Crippen LogP contribution in [0.3, 0.4) is 0 Å². The Kier molecular flexibility index (Phi) is 7.05. The van der Waals surface area contributed by atoms with Crippen LogP contribution in [0, 0.1) is 27.7 Å². The number of hydrogen-bond acceptors (Lipinski definition) is 4. The highest BCUT2D eigenvalue weighted by atomic mass is 16.2. The van der Waals surface area contributed by atoms with Gasteiger partial charge in [0.2, 0.25) is 5.91 Å². The first-order valence-electron chi connectivity index (χ1n) is 14.2. The van der Waals surface area contributed by atoms with Crippen LogP contribution in [0.15, 0.2) is 66.7 Å². The Morgan fingerprint density at radius 1 is 0.854 bits per heavy atom. The molecule has 208 valence electrons. The number of pyridine rings is 1. The molecule has 0 atom stereocenters. The molecule has 0 radical (unpaired) electrons. The molecule has 0 saturated carbocycles. The maximum atomic E-state index is 13.6. The molecule has 3 heterocycles. The number of benzene rings is 3. The lowest BCUT2D eigenvalue weighted by Crippen LogP contribution is -2.50. The zero-order valence-electron chi connectivity index (χ0n) is 24.0. The Labute approximate surface area is 240 Å². The lowest BCUT2D eigenvalue weighted by atomic mass is 9.98. The zero-order chi connectivity index (χ0) is 28.7. The molecular weight excluding hydrogens is 510 g/mol. The number of rotatable bonds is 5. The first kappa shape index (κ1) is 26.7. The van der Waals surface area contributed by atoms with Gasteiger partial charge in [-0.15, -0.1) is 0 Å². The number of aromatic amines is 1. The van der Waals surface area contributed by atoms with E-state index in [1.807, 2.05) is 69.0 Å². The number of aromatic nitrogens is 2. The second kappa shape index (κ2) is 10.8. The number of carbonyl (C=O) groups excluding carboxylic acids is 2. The molecule has 6 rings (SSSR count). The SMILES string of the molecule is Cc1ccc2c(-c3ccc4[nH]c(C(=O)N5CCN(CC(=O)Nc6c(C)cccc6C)CC5)c(C)c4c3)cccc2n1. The second-order valence-electron chi connectivity index (χ2n) is 11.1. The summed E-state index contributed by atoms with van der Waals surface area (Å²) in [6.45, 7) is 10.8. The highest BCUT2D eigenvalue weighted by Gasteiger charge is 2.26. The molecule has 0 aliphatic carbocycles. The summed E-state index contributed by atoms with van der Waals surface area (Å²) >= 11 is 0. The minimum absolute atomic E-state index is 0.00437. The minimum atomic E-state index is -0.0263. The van der Waals surface area contributed by atoms with Gasteiger partial charge in [0, 0.05) is 53.8 Å². The molecule has 1 aliphatic heterocycles. The molecule has 0 spiro atoms. The number of H-pyrrole nitrogens is 1. The molecular formula is C34H35N5O2. The maximum Gasteiger partial charge on any atom is 0.270 e. The van der Waals surface area contributed by atoms with E-state index in [9.17, 15) is 9.59 Å². The Bertz CT molecular complexity index is 1780. The van der Waals surface area contributed by atoms with Crippen molar-refractivity contribution in [3.8, 4) is 11.1 Å². The molecule has 0 unspecified atom stereocenters. The third-order valence-corrected chi connectivity index (χ3v) is 8.23. The van der Waals surface area contributed by atoms with Crippen LogP contribution in [0.1, 0.15) is 32.9 Å². The third kappa shape index (κ3) is 5.21. The Morgan fingerprint density at radius 3 is 2.34 bits per heavy atom. The smallest absolute Gasteiger partial charge is 0.270 e. The minimum Gasteiger partial charge on any atom is -0.350 e. The van der Waals surface area contributed by atoms with Crippen molar-refractivity contribution in [1.82, 2.24) is 19.8 Å². The van der Waals surface area contributed by atoms with Crippen LogP contribution in [-0.4, -0.2) is 64.3 Å². The fraction of sp³-hybridized carbons (Fsp3) is 0.265. The van der Waals surface area contributed by atoms with Gasteiger partial charge < -0.3 is 15.2 Å². The molecule has 1 aliphatic rings. The maximum absolute atomic E-state index is 13.6. The quantitative estimate of drug-likeness (QED) is 0.283. The van der Waals surface area contributed by atoms with Crippen molar-refractivity contribution in [3.05, 3.63) is 94.8 Å². The summed E-state index contributed by atoms with van der Waals surface area (Å²) in [6, 6.07) is 22.7. The van der Waals surface area contributed by atoms with Gasteiger partial charge in [-0.05, 0) is 79.8 Å². The highest BCUT2D eigenvalue weighted by Crippen LogP contribution is 2.32. The topological polar surface area (TPSA) is 81.3 Å². The fourth-order valence-electron chi connectivity index (χ4n) is 5.88. The van der Waals surface area contributed by atoms with Crippen molar-refractivity contribution < 1.29 is 9.59 Å². The van der Waals surface area contributed by atoms with E-state index in [1.165, 1.54) is 0 Å². The Balaban J connectivity index is 1.15. The van der Waals surface area contributed by atoms with E-state index in [0.717, 1.165) is 61.0 Å². The summed E-state index contributed by atoms with van der Waals surface area (Å²) in [4.78, 5) is 38.4. The van der Waals surface area contributed by atoms with Crippen molar-refractivity contribution in [2.75, 3.05) is 38.0 Å². The number of nitrogens with zero attached hydrogens (tertiary/aromatic N) is 3. The Morgan fingerprint density at radius 2 is 1.59 bits per heavy atom. The number of fused-ring (bicyclic) bond motifs is 2. The van der Waals surface area contributed by atoms with E-state index in [1.54, 1.807) is 0 Å². The number of piperazine rings is 1. The summed E-state index contributed by atoms with van der Waals surface area (Å²) in [7, 11) is 0. The van der Waals surface area contributed by atoms with Gasteiger partial charge in [0.1, 0.15) is 5.69 Å². The molecule has 5 aromatic rings. The van der Waals surface area contributed by atoms with Crippen LogP contribution >= 0.6 is 0 Å². The summed E-state index contributed by atoms with van der Waals surface area (Å²) in [5, 5.41) is 5.23. The summed E-state index contributed by atoms with van der Waals surface area (Å²) in [5.74, 6) is -0.0220. The summed E-state index contributed by atoms with van der Waals surface area (Å²) in [5.41, 5.74) is 9.73. The van der Waals surface area contributed by atoms with Gasteiger partial charge in [0.05, 0.1) is 12.1 Å². The molecule has 7 nitrogen and oxygen atoms in total. The summed E-state index contributed by atoms with van der Waals surface area (Å²) in [6.07, 6.45) is 0. The number of hydrogen-bond donors (Lipinski definition) is 2. The lowest BCUT2D eigenvalue weighted by Gasteiger charge is -2.34. The van der Waals surface area contributed by atoms with Gasteiger partial charge >= 0.3 is 0 Å². The predicted octanol–water partition coefficient (Wildman–Crippen LogP) is 6.01. The van der Waals surface area contributed by atoms with Crippen LogP contribution in [-0.2, 0) is 4.79 Å². The number of para-hydroxylation sites is 1. The van der Waals surface area contributed by atoms with Crippen molar-refractivity contribution in [2.45, 2.75) is 27.7 Å². The molecule has 7 heteroatoms. The van der Waals surface area contributed by atoms with Crippen molar-refractivity contribution in [2.24, 2.45) is 0 Å². The van der Waals surface area contributed by atoms with Gasteiger partial charge in [-0.3, -0.25) is 19.5 Å². The van der Waals surface area contributed by atoms with Crippen LogP contribution in [0.2, 0.25) is 0 Å². The largest absolute Gasteiger partial charge is 0.350 e. The van der Waals surface area contributed by atoms with Gasteiger partial charge in [-0.1, -0.05) is 42.5 Å². The molecule has 2 N–H and O–H groups in total. The number of aryl methyl sites for hydroxylation is 4. The van der Waals surface area contributed by atoms with E-state index in [-0.39, 0.29) is 11.8 Å². The van der Waals surface area contributed by atoms with Gasteiger partial charge in [-0.2, -0.15) is 0 Å². The average molecular weight is 546 g/mol. The van der Waals surface area contributed by atoms with E-state index >= 15 is 0 Å².